The van der Waals surface area contributed by atoms with Crippen molar-refractivity contribution in [3.8, 4) is 11.3 Å². The summed E-state index contributed by atoms with van der Waals surface area (Å²) in [6.07, 6.45) is 1.22. The van der Waals surface area contributed by atoms with Crippen LogP contribution in [-0.2, 0) is 6.42 Å². The maximum absolute atomic E-state index is 11.7. The van der Waals surface area contributed by atoms with Crippen LogP contribution in [0.2, 0.25) is 0 Å². The van der Waals surface area contributed by atoms with E-state index in [9.17, 15) is 4.79 Å². The van der Waals surface area contributed by atoms with Gasteiger partial charge in [-0.25, -0.2) is 0 Å². The number of hydrogen-bond donors (Lipinski definition) is 0. The highest BCUT2D eigenvalue weighted by molar-refractivity contribution is 9.10. The van der Waals surface area contributed by atoms with Crippen molar-refractivity contribution in [2.75, 3.05) is 0 Å². The minimum atomic E-state index is 0.131. The van der Waals surface area contributed by atoms with E-state index in [0.29, 0.717) is 24.1 Å². The number of benzene rings is 1. The first kappa shape index (κ1) is 9.78. The maximum Gasteiger partial charge on any atom is 0.169 e. The van der Waals surface area contributed by atoms with Crippen LogP contribution >= 0.6 is 15.9 Å². The van der Waals surface area contributed by atoms with Crippen LogP contribution < -0.4 is 0 Å². The number of hydrogen-bond acceptors (Lipinski definition) is 3. The summed E-state index contributed by atoms with van der Waals surface area (Å²) in [5, 5.41) is 3.98. The summed E-state index contributed by atoms with van der Waals surface area (Å²) in [4.78, 5) is 11.7. The SMILES string of the molecule is O=C1CCc2onc(-c3cccc(Br)c3)c21. The smallest absolute Gasteiger partial charge is 0.169 e. The number of rotatable bonds is 1. The number of Topliss-reactive ketones (excluding diaryl/α,β-unsaturated/α-hetero) is 1. The van der Waals surface area contributed by atoms with Gasteiger partial charge in [0.2, 0.25) is 0 Å². The molecule has 1 aromatic heterocycles. The Labute approximate surface area is 101 Å². The number of fused-ring (bicyclic) bond motifs is 1. The molecule has 0 saturated carbocycles. The average Bonchev–Trinajstić information content (AvgIpc) is 2.82. The predicted octanol–water partition coefficient (Wildman–Crippen LogP) is 3.23. The highest BCUT2D eigenvalue weighted by Gasteiger charge is 2.29. The molecule has 0 atom stereocenters. The Bertz CT molecular complexity index is 574. The van der Waals surface area contributed by atoms with Crippen LogP contribution in [0, 0.1) is 0 Å². The highest BCUT2D eigenvalue weighted by atomic mass is 79.9. The molecular formula is C12H8BrNO2. The molecule has 0 aliphatic heterocycles. The normalized spacial score (nSPS) is 14.2. The first-order valence-corrected chi connectivity index (χ1v) is 5.82. The molecule has 0 N–H and O–H groups in total. The lowest BCUT2D eigenvalue weighted by Crippen LogP contribution is -1.93. The number of carbonyl (C=O) groups excluding carboxylic acids is 1. The molecular weight excluding hydrogens is 270 g/mol. The monoisotopic (exact) mass is 277 g/mol. The Hall–Kier alpha value is -1.42. The van der Waals surface area contributed by atoms with Gasteiger partial charge in [0.15, 0.2) is 5.78 Å². The number of nitrogens with zero attached hydrogens (tertiary/aromatic N) is 1. The molecule has 3 rings (SSSR count). The molecule has 0 radical (unpaired) electrons. The number of aryl methyl sites for hydroxylation is 1. The lowest BCUT2D eigenvalue weighted by atomic mass is 10.1. The highest BCUT2D eigenvalue weighted by Crippen LogP contribution is 2.32. The van der Waals surface area contributed by atoms with Crippen molar-refractivity contribution in [1.82, 2.24) is 5.16 Å². The molecule has 2 aromatic rings. The molecule has 1 aliphatic rings. The first-order chi connectivity index (χ1) is 7.75. The van der Waals surface area contributed by atoms with Crippen molar-refractivity contribution < 1.29 is 9.32 Å². The van der Waals surface area contributed by atoms with Crippen LogP contribution in [0.4, 0.5) is 0 Å². The van der Waals surface area contributed by atoms with Crippen molar-refractivity contribution in [3.63, 3.8) is 0 Å². The summed E-state index contributed by atoms with van der Waals surface area (Å²) < 4.78 is 6.15. The Morgan fingerprint density at radius 3 is 3.00 bits per heavy atom. The van der Waals surface area contributed by atoms with Gasteiger partial charge >= 0.3 is 0 Å². The molecule has 1 aliphatic carbocycles. The Morgan fingerprint density at radius 2 is 2.19 bits per heavy atom. The lowest BCUT2D eigenvalue weighted by molar-refractivity contribution is 0.0995. The number of ketones is 1. The van der Waals surface area contributed by atoms with Gasteiger partial charge < -0.3 is 4.52 Å². The molecule has 0 fully saturated rings. The van der Waals surface area contributed by atoms with Crippen molar-refractivity contribution in [2.45, 2.75) is 12.8 Å². The first-order valence-electron chi connectivity index (χ1n) is 5.03. The summed E-state index contributed by atoms with van der Waals surface area (Å²) in [6, 6.07) is 7.71. The summed E-state index contributed by atoms with van der Waals surface area (Å²) >= 11 is 3.40. The second kappa shape index (κ2) is 3.56. The van der Waals surface area contributed by atoms with Crippen molar-refractivity contribution >= 4 is 21.7 Å². The Balaban J connectivity index is 2.18. The number of aromatic nitrogens is 1. The molecule has 0 bridgehead atoms. The Morgan fingerprint density at radius 1 is 1.31 bits per heavy atom. The fourth-order valence-corrected chi connectivity index (χ4v) is 2.37. The van der Waals surface area contributed by atoms with Gasteiger partial charge in [-0.05, 0) is 12.1 Å². The summed E-state index contributed by atoms with van der Waals surface area (Å²) in [6.45, 7) is 0. The van der Waals surface area contributed by atoms with Crippen molar-refractivity contribution in [3.05, 3.63) is 40.1 Å². The van der Waals surface area contributed by atoms with Crippen LogP contribution in [0.15, 0.2) is 33.3 Å². The molecule has 0 spiro atoms. The topological polar surface area (TPSA) is 43.1 Å². The van der Waals surface area contributed by atoms with Crippen LogP contribution in [0.1, 0.15) is 22.5 Å². The summed E-state index contributed by atoms with van der Waals surface area (Å²) in [5.41, 5.74) is 2.24. The number of halogens is 1. The van der Waals surface area contributed by atoms with E-state index in [1.54, 1.807) is 0 Å². The van der Waals surface area contributed by atoms with Gasteiger partial charge in [-0.1, -0.05) is 33.2 Å². The van der Waals surface area contributed by atoms with Gasteiger partial charge in [0.05, 0.1) is 5.56 Å². The third-order valence-corrected chi connectivity index (χ3v) is 3.21. The van der Waals surface area contributed by atoms with Gasteiger partial charge in [-0.2, -0.15) is 0 Å². The quantitative estimate of drug-likeness (QED) is 0.804. The van der Waals surface area contributed by atoms with E-state index in [4.69, 9.17) is 4.52 Å². The number of carbonyl (C=O) groups is 1. The van der Waals surface area contributed by atoms with Crippen LogP contribution in [0.25, 0.3) is 11.3 Å². The maximum atomic E-state index is 11.7. The van der Waals surface area contributed by atoms with Gasteiger partial charge in [0.25, 0.3) is 0 Å². The van der Waals surface area contributed by atoms with E-state index < -0.39 is 0 Å². The van der Waals surface area contributed by atoms with Crippen LogP contribution in [-0.4, -0.2) is 10.9 Å². The van der Waals surface area contributed by atoms with Crippen molar-refractivity contribution in [2.24, 2.45) is 0 Å². The zero-order valence-electron chi connectivity index (χ0n) is 8.37. The van der Waals surface area contributed by atoms with Crippen LogP contribution in [0.5, 0.6) is 0 Å². The zero-order valence-corrected chi connectivity index (χ0v) is 9.95. The molecule has 0 saturated heterocycles. The Kier molecular flexibility index (Phi) is 2.17. The van der Waals surface area contributed by atoms with Gasteiger partial charge in [-0.15, -0.1) is 0 Å². The second-order valence-corrected chi connectivity index (χ2v) is 4.68. The fraction of sp³-hybridized carbons (Fsp3) is 0.167. The van der Waals surface area contributed by atoms with Gasteiger partial charge in [0.1, 0.15) is 11.5 Å². The summed E-state index contributed by atoms with van der Waals surface area (Å²) in [7, 11) is 0. The molecule has 4 heteroatoms. The predicted molar refractivity (Wildman–Crippen MR) is 62.3 cm³/mol. The third-order valence-electron chi connectivity index (χ3n) is 2.72. The molecule has 0 amide bonds. The fourth-order valence-electron chi connectivity index (χ4n) is 1.97. The molecule has 1 aromatic carbocycles. The van der Waals surface area contributed by atoms with Crippen molar-refractivity contribution in [1.29, 1.82) is 0 Å². The van der Waals surface area contributed by atoms with E-state index in [2.05, 4.69) is 21.1 Å². The standard InChI is InChI=1S/C12H8BrNO2/c13-8-3-1-2-7(6-8)12-11-9(15)4-5-10(11)16-14-12/h1-3,6H,4-5H2. The third kappa shape index (κ3) is 1.41. The molecule has 80 valence electrons. The summed E-state index contributed by atoms with van der Waals surface area (Å²) in [5.74, 6) is 0.853. The zero-order chi connectivity index (χ0) is 11.1. The lowest BCUT2D eigenvalue weighted by Gasteiger charge is -1.98. The second-order valence-electron chi connectivity index (χ2n) is 3.76. The molecule has 1 heterocycles. The van der Waals surface area contributed by atoms with E-state index in [0.717, 1.165) is 15.8 Å². The van der Waals surface area contributed by atoms with E-state index in [1.165, 1.54) is 0 Å². The molecule has 3 nitrogen and oxygen atoms in total. The molecule has 0 unspecified atom stereocenters. The van der Waals surface area contributed by atoms with Gasteiger partial charge in [-0.3, -0.25) is 4.79 Å². The van der Waals surface area contributed by atoms with E-state index >= 15 is 0 Å². The average molecular weight is 278 g/mol. The van der Waals surface area contributed by atoms with E-state index in [-0.39, 0.29) is 5.78 Å². The van der Waals surface area contributed by atoms with Gasteiger partial charge in [0, 0.05) is 22.9 Å². The van der Waals surface area contributed by atoms with Crippen LogP contribution in [0.3, 0.4) is 0 Å². The minimum absolute atomic E-state index is 0.131. The molecule has 16 heavy (non-hydrogen) atoms. The van der Waals surface area contributed by atoms with E-state index in [1.807, 2.05) is 24.3 Å². The minimum Gasteiger partial charge on any atom is -0.360 e. The largest absolute Gasteiger partial charge is 0.360 e.